The number of halogens is 2. The lowest BCUT2D eigenvalue weighted by atomic mass is 10.2. The number of benzene rings is 2. The van der Waals surface area contributed by atoms with Crippen LogP contribution in [0.5, 0.6) is 0 Å². The molecule has 4 aromatic rings. The molecule has 176 valence electrons. The first-order chi connectivity index (χ1) is 16.2. The van der Waals surface area contributed by atoms with Crippen molar-refractivity contribution in [1.82, 2.24) is 14.0 Å². The molecule has 0 aliphatic carbocycles. The summed E-state index contributed by atoms with van der Waals surface area (Å²) in [6.45, 7) is 0. The van der Waals surface area contributed by atoms with Crippen molar-refractivity contribution in [3.63, 3.8) is 0 Å². The highest BCUT2D eigenvalue weighted by Crippen LogP contribution is 2.25. The standard InChI is InChI=1S/C20H16ClFN6O4S2/c1-24-15-9-14-12(8-13(15)22)18(29)27(19(30)26-14)11-4-2-10(3-5-11)25-20(31)28(23)34(32)17-7-6-16(21)33-17/h2-9,24H,23H2,1H3,(H,25,31)(H,26,30). The van der Waals surface area contributed by atoms with E-state index < -0.39 is 34.1 Å². The molecule has 0 bridgehead atoms. The number of aromatic amines is 1. The molecule has 2 amide bonds. The minimum Gasteiger partial charge on any atom is -0.386 e. The van der Waals surface area contributed by atoms with Gasteiger partial charge in [0.25, 0.3) is 5.56 Å². The zero-order chi connectivity index (χ0) is 24.6. The Kier molecular flexibility index (Phi) is 6.52. The Morgan fingerprint density at radius 1 is 1.21 bits per heavy atom. The van der Waals surface area contributed by atoms with E-state index >= 15 is 0 Å². The molecule has 0 radical (unpaired) electrons. The number of fused-ring (bicyclic) bond motifs is 1. The largest absolute Gasteiger partial charge is 0.386 e. The van der Waals surface area contributed by atoms with Crippen LogP contribution in [0.3, 0.4) is 0 Å². The summed E-state index contributed by atoms with van der Waals surface area (Å²) in [6, 6.07) is 10.2. The molecule has 2 heterocycles. The lowest BCUT2D eigenvalue weighted by Gasteiger charge is -2.15. The number of hydrazine groups is 1. The van der Waals surface area contributed by atoms with Crippen LogP contribution in [-0.4, -0.2) is 31.3 Å². The van der Waals surface area contributed by atoms with Crippen molar-refractivity contribution in [1.29, 1.82) is 0 Å². The van der Waals surface area contributed by atoms with Gasteiger partial charge in [0.2, 0.25) is 0 Å². The number of anilines is 2. The van der Waals surface area contributed by atoms with Gasteiger partial charge in [0.15, 0.2) is 11.0 Å². The number of carbonyl (C=O) groups is 1. The zero-order valence-corrected chi connectivity index (χ0v) is 19.7. The summed E-state index contributed by atoms with van der Waals surface area (Å²) in [7, 11) is -0.445. The second-order valence-electron chi connectivity index (χ2n) is 6.81. The van der Waals surface area contributed by atoms with Crippen LogP contribution in [0.15, 0.2) is 62.3 Å². The van der Waals surface area contributed by atoms with E-state index in [1.807, 2.05) is 0 Å². The normalized spacial score (nSPS) is 11.9. The molecule has 2 aromatic carbocycles. The summed E-state index contributed by atoms with van der Waals surface area (Å²) < 4.78 is 28.6. The minimum atomic E-state index is -1.96. The minimum absolute atomic E-state index is 0.0107. The Bertz CT molecular complexity index is 1550. The van der Waals surface area contributed by atoms with E-state index in [2.05, 4.69) is 15.6 Å². The van der Waals surface area contributed by atoms with Crippen molar-refractivity contribution in [2.24, 2.45) is 5.84 Å². The van der Waals surface area contributed by atoms with Gasteiger partial charge in [-0.15, -0.1) is 11.3 Å². The van der Waals surface area contributed by atoms with Gasteiger partial charge in [0.1, 0.15) is 10.0 Å². The van der Waals surface area contributed by atoms with Crippen molar-refractivity contribution < 1.29 is 13.4 Å². The number of thiophene rings is 1. The zero-order valence-electron chi connectivity index (χ0n) is 17.3. The van der Waals surface area contributed by atoms with Gasteiger partial charge in [-0.1, -0.05) is 11.6 Å². The third-order valence-electron chi connectivity index (χ3n) is 4.73. The number of nitrogens with two attached hydrogens (primary N) is 1. The molecule has 10 nitrogen and oxygen atoms in total. The first-order valence-corrected chi connectivity index (χ1v) is 11.8. The lowest BCUT2D eigenvalue weighted by molar-refractivity contribution is 0.238. The molecule has 0 spiro atoms. The second kappa shape index (κ2) is 9.38. The van der Waals surface area contributed by atoms with Crippen molar-refractivity contribution in [3.8, 4) is 5.69 Å². The van der Waals surface area contributed by atoms with E-state index in [-0.39, 0.29) is 28.0 Å². The van der Waals surface area contributed by atoms with Crippen LogP contribution in [0.25, 0.3) is 16.6 Å². The fourth-order valence-corrected chi connectivity index (χ4v) is 5.38. The summed E-state index contributed by atoms with van der Waals surface area (Å²) in [5, 5.41) is 5.10. The monoisotopic (exact) mass is 522 g/mol. The first-order valence-electron chi connectivity index (χ1n) is 9.49. The number of aromatic nitrogens is 2. The van der Waals surface area contributed by atoms with Gasteiger partial charge in [-0.3, -0.25) is 4.79 Å². The number of rotatable bonds is 5. The summed E-state index contributed by atoms with van der Waals surface area (Å²) in [4.78, 5) is 40.3. The highest BCUT2D eigenvalue weighted by atomic mass is 35.5. The van der Waals surface area contributed by atoms with E-state index in [0.717, 1.165) is 22.0 Å². The van der Waals surface area contributed by atoms with Crippen molar-refractivity contribution in [3.05, 3.63) is 79.5 Å². The number of amides is 2. The molecule has 0 aliphatic heterocycles. The van der Waals surface area contributed by atoms with Gasteiger partial charge < -0.3 is 15.6 Å². The summed E-state index contributed by atoms with van der Waals surface area (Å²) in [6.07, 6.45) is 0. The SMILES string of the molecule is CNc1cc2[nH]c(=O)n(-c3ccc(NC(=O)N(N)S(=O)c4ccc(Cl)s4)cc3)c(=O)c2cc1F. The van der Waals surface area contributed by atoms with Crippen LogP contribution in [0.2, 0.25) is 4.34 Å². The molecule has 1 atom stereocenters. The molecule has 34 heavy (non-hydrogen) atoms. The Morgan fingerprint density at radius 2 is 1.91 bits per heavy atom. The fraction of sp³-hybridized carbons (Fsp3) is 0.0500. The van der Waals surface area contributed by atoms with Crippen LogP contribution in [0.4, 0.5) is 20.6 Å². The number of carbonyl (C=O) groups excluding carboxylic acids is 1. The quantitative estimate of drug-likeness (QED) is 0.180. The van der Waals surface area contributed by atoms with Crippen LogP contribution < -0.4 is 27.7 Å². The van der Waals surface area contributed by atoms with Crippen LogP contribution in [0, 0.1) is 5.82 Å². The van der Waals surface area contributed by atoms with Crippen molar-refractivity contribution >= 4 is 62.2 Å². The predicted octanol–water partition coefficient (Wildman–Crippen LogP) is 3.01. The Morgan fingerprint density at radius 3 is 2.53 bits per heavy atom. The molecule has 0 fully saturated rings. The fourth-order valence-electron chi connectivity index (χ4n) is 3.10. The highest BCUT2D eigenvalue weighted by molar-refractivity contribution is 7.85. The van der Waals surface area contributed by atoms with Gasteiger partial charge in [-0.05, 0) is 48.5 Å². The summed E-state index contributed by atoms with van der Waals surface area (Å²) in [5.41, 5.74) is -0.663. The summed E-state index contributed by atoms with van der Waals surface area (Å²) in [5.74, 6) is 5.01. The molecule has 1 unspecified atom stereocenters. The van der Waals surface area contributed by atoms with E-state index in [1.54, 1.807) is 0 Å². The molecule has 0 saturated heterocycles. The predicted molar refractivity (Wildman–Crippen MR) is 130 cm³/mol. The molecule has 5 N–H and O–H groups in total. The van der Waals surface area contributed by atoms with Gasteiger partial charge >= 0.3 is 11.7 Å². The molecule has 14 heteroatoms. The summed E-state index contributed by atoms with van der Waals surface area (Å²) >= 11 is 6.84. The number of urea groups is 1. The van der Waals surface area contributed by atoms with Crippen LogP contribution in [-0.2, 0) is 11.0 Å². The average Bonchev–Trinajstić information content (AvgIpc) is 3.25. The maximum Gasteiger partial charge on any atom is 0.348 e. The highest BCUT2D eigenvalue weighted by Gasteiger charge is 2.20. The van der Waals surface area contributed by atoms with Crippen LogP contribution in [0.1, 0.15) is 0 Å². The van der Waals surface area contributed by atoms with Crippen LogP contribution >= 0.6 is 22.9 Å². The number of nitrogens with zero attached hydrogens (tertiary/aromatic N) is 2. The van der Waals surface area contributed by atoms with Gasteiger partial charge in [0, 0.05) is 12.7 Å². The molecular weight excluding hydrogens is 507 g/mol. The number of hydrogen-bond donors (Lipinski definition) is 4. The molecule has 2 aromatic heterocycles. The lowest BCUT2D eigenvalue weighted by Crippen LogP contribution is -2.41. The Hall–Kier alpha value is -3.52. The van der Waals surface area contributed by atoms with Crippen molar-refractivity contribution in [2.45, 2.75) is 4.21 Å². The van der Waals surface area contributed by atoms with E-state index in [0.29, 0.717) is 13.0 Å². The second-order valence-corrected chi connectivity index (χ2v) is 10.1. The maximum atomic E-state index is 14.2. The Balaban J connectivity index is 1.59. The molecule has 4 rings (SSSR count). The van der Waals surface area contributed by atoms with E-state index in [9.17, 15) is 23.0 Å². The average molecular weight is 523 g/mol. The molecule has 0 saturated carbocycles. The molecular formula is C20H16ClFN6O4S2. The van der Waals surface area contributed by atoms with Crippen molar-refractivity contribution in [2.75, 3.05) is 17.7 Å². The van der Waals surface area contributed by atoms with Gasteiger partial charge in [-0.2, -0.15) is 4.41 Å². The van der Waals surface area contributed by atoms with Gasteiger partial charge in [-0.25, -0.2) is 28.6 Å². The Labute approximate surface area is 202 Å². The smallest absolute Gasteiger partial charge is 0.348 e. The van der Waals surface area contributed by atoms with E-state index in [4.69, 9.17) is 17.4 Å². The van der Waals surface area contributed by atoms with E-state index in [1.165, 1.54) is 49.5 Å². The number of hydrogen-bond acceptors (Lipinski definition) is 7. The molecule has 0 aliphatic rings. The van der Waals surface area contributed by atoms with Gasteiger partial charge in [0.05, 0.1) is 26.6 Å². The third kappa shape index (κ3) is 4.46. The number of H-pyrrole nitrogens is 1. The topological polar surface area (TPSA) is 142 Å². The maximum absolute atomic E-state index is 14.2. The number of nitrogens with one attached hydrogen (secondary N) is 3. The third-order valence-corrected chi connectivity index (χ3v) is 7.44. The first kappa shape index (κ1) is 23.6.